The highest BCUT2D eigenvalue weighted by Gasteiger charge is 2.31. The Morgan fingerprint density at radius 3 is 3.00 bits per heavy atom. The maximum Gasteiger partial charge on any atom is 0.141 e. The van der Waals surface area contributed by atoms with Gasteiger partial charge in [-0.3, -0.25) is 9.88 Å². The zero-order valence-corrected chi connectivity index (χ0v) is 8.77. The van der Waals surface area contributed by atoms with Crippen molar-refractivity contribution in [2.24, 2.45) is 0 Å². The molecule has 0 amide bonds. The van der Waals surface area contributed by atoms with Gasteiger partial charge in [-0.2, -0.15) is 0 Å². The van der Waals surface area contributed by atoms with Gasteiger partial charge in [0.2, 0.25) is 0 Å². The van der Waals surface area contributed by atoms with Crippen LogP contribution in [0.5, 0.6) is 0 Å². The van der Waals surface area contributed by atoms with Crippen LogP contribution in [-0.2, 0) is 11.3 Å². The Morgan fingerprint density at radius 2 is 2.40 bits per heavy atom. The third-order valence-corrected chi connectivity index (χ3v) is 2.69. The first-order chi connectivity index (χ1) is 7.27. The van der Waals surface area contributed by atoms with Crippen LogP contribution in [-0.4, -0.2) is 42.4 Å². The quantitative estimate of drug-likeness (QED) is 0.750. The first kappa shape index (κ1) is 10.5. The van der Waals surface area contributed by atoms with E-state index in [2.05, 4.69) is 4.98 Å². The van der Waals surface area contributed by atoms with E-state index in [9.17, 15) is 4.39 Å². The van der Waals surface area contributed by atoms with E-state index in [4.69, 9.17) is 4.74 Å². The molecule has 1 aliphatic rings. The molecule has 2 heterocycles. The van der Waals surface area contributed by atoms with Crippen molar-refractivity contribution in [2.45, 2.75) is 18.8 Å². The number of halogens is 1. The Labute approximate surface area is 88.9 Å². The molecule has 1 saturated heterocycles. The van der Waals surface area contributed by atoms with Gasteiger partial charge < -0.3 is 4.74 Å². The van der Waals surface area contributed by atoms with Crippen LogP contribution in [0, 0.1) is 0 Å². The van der Waals surface area contributed by atoms with Crippen molar-refractivity contribution in [2.75, 3.05) is 20.3 Å². The van der Waals surface area contributed by atoms with Gasteiger partial charge in [0.1, 0.15) is 6.17 Å². The van der Waals surface area contributed by atoms with Gasteiger partial charge in [0.05, 0.1) is 24.9 Å². The Morgan fingerprint density at radius 1 is 1.53 bits per heavy atom. The summed E-state index contributed by atoms with van der Waals surface area (Å²) < 4.78 is 18.4. The minimum atomic E-state index is -0.876. The fourth-order valence-corrected chi connectivity index (χ4v) is 1.78. The molecule has 0 spiro atoms. The third kappa shape index (κ3) is 2.52. The SMILES string of the molecule is CN(Cc1ccccn1)C1COCC1F. The molecule has 0 aliphatic carbocycles. The van der Waals surface area contributed by atoms with E-state index in [-0.39, 0.29) is 12.6 Å². The highest BCUT2D eigenvalue weighted by atomic mass is 19.1. The fraction of sp³-hybridized carbons (Fsp3) is 0.545. The van der Waals surface area contributed by atoms with Crippen molar-refractivity contribution in [1.29, 1.82) is 0 Å². The molecule has 0 radical (unpaired) electrons. The molecule has 1 aromatic heterocycles. The maximum atomic E-state index is 13.4. The summed E-state index contributed by atoms with van der Waals surface area (Å²) in [7, 11) is 1.90. The zero-order valence-electron chi connectivity index (χ0n) is 8.77. The van der Waals surface area contributed by atoms with Crippen LogP contribution in [0.1, 0.15) is 5.69 Å². The topological polar surface area (TPSA) is 25.4 Å². The molecule has 4 heteroatoms. The summed E-state index contributed by atoms with van der Waals surface area (Å²) in [6.45, 7) is 1.36. The minimum Gasteiger partial charge on any atom is -0.377 e. The number of likely N-dealkylation sites (N-methyl/N-ethyl adjacent to an activating group) is 1. The largest absolute Gasteiger partial charge is 0.377 e. The summed E-state index contributed by atoms with van der Waals surface area (Å²) in [5, 5.41) is 0. The smallest absolute Gasteiger partial charge is 0.141 e. The lowest BCUT2D eigenvalue weighted by Gasteiger charge is -2.23. The number of alkyl halides is 1. The summed E-state index contributed by atoms with van der Waals surface area (Å²) in [5.74, 6) is 0. The molecule has 1 aliphatic heterocycles. The van der Waals surface area contributed by atoms with Crippen LogP contribution < -0.4 is 0 Å². The molecule has 3 nitrogen and oxygen atoms in total. The molecule has 1 fully saturated rings. The second-order valence-electron chi connectivity index (χ2n) is 3.86. The van der Waals surface area contributed by atoms with Crippen LogP contribution in [0.4, 0.5) is 4.39 Å². The summed E-state index contributed by atoms with van der Waals surface area (Å²) in [6.07, 6.45) is 0.875. The molecular weight excluding hydrogens is 195 g/mol. The molecular formula is C11H15FN2O. The number of pyridine rings is 1. The minimum absolute atomic E-state index is 0.132. The van der Waals surface area contributed by atoms with Gasteiger partial charge in [0.15, 0.2) is 0 Å². The van der Waals surface area contributed by atoms with Crippen molar-refractivity contribution in [3.8, 4) is 0 Å². The van der Waals surface area contributed by atoms with Crippen molar-refractivity contribution in [1.82, 2.24) is 9.88 Å². The van der Waals surface area contributed by atoms with E-state index in [0.717, 1.165) is 5.69 Å². The summed E-state index contributed by atoms with van der Waals surface area (Å²) in [4.78, 5) is 6.17. The molecule has 0 aromatic carbocycles. The maximum absolute atomic E-state index is 13.4. The highest BCUT2D eigenvalue weighted by molar-refractivity contribution is 5.03. The van der Waals surface area contributed by atoms with Crippen molar-refractivity contribution in [3.63, 3.8) is 0 Å². The fourth-order valence-electron chi connectivity index (χ4n) is 1.78. The van der Waals surface area contributed by atoms with Crippen LogP contribution in [0.25, 0.3) is 0 Å². The van der Waals surface area contributed by atoms with Gasteiger partial charge in [-0.15, -0.1) is 0 Å². The second-order valence-corrected chi connectivity index (χ2v) is 3.86. The predicted molar refractivity (Wildman–Crippen MR) is 55.2 cm³/mol. The third-order valence-electron chi connectivity index (χ3n) is 2.69. The molecule has 2 rings (SSSR count). The van der Waals surface area contributed by atoms with E-state index in [1.165, 1.54) is 0 Å². The van der Waals surface area contributed by atoms with E-state index >= 15 is 0 Å². The average Bonchev–Trinajstić information content (AvgIpc) is 2.66. The lowest BCUT2D eigenvalue weighted by molar-refractivity contribution is 0.153. The van der Waals surface area contributed by atoms with Crippen LogP contribution in [0.3, 0.4) is 0 Å². The van der Waals surface area contributed by atoms with E-state index in [1.807, 2.05) is 30.1 Å². The van der Waals surface area contributed by atoms with E-state index in [0.29, 0.717) is 13.2 Å². The summed E-state index contributed by atoms with van der Waals surface area (Å²) >= 11 is 0. The summed E-state index contributed by atoms with van der Waals surface area (Å²) in [6, 6.07) is 5.63. The molecule has 2 unspecified atom stereocenters. The molecule has 0 saturated carbocycles. The number of hydrogen-bond donors (Lipinski definition) is 0. The summed E-state index contributed by atoms with van der Waals surface area (Å²) in [5.41, 5.74) is 0.958. The number of rotatable bonds is 3. The number of ether oxygens (including phenoxy) is 1. The molecule has 0 bridgehead atoms. The highest BCUT2D eigenvalue weighted by Crippen LogP contribution is 2.16. The Hall–Kier alpha value is -1.00. The Kier molecular flexibility index (Phi) is 3.28. The monoisotopic (exact) mass is 210 g/mol. The first-order valence-electron chi connectivity index (χ1n) is 5.09. The van der Waals surface area contributed by atoms with Crippen molar-refractivity contribution >= 4 is 0 Å². The predicted octanol–water partition coefficient (Wildman–Crippen LogP) is 1.25. The Bertz CT molecular complexity index is 307. The lowest BCUT2D eigenvalue weighted by atomic mass is 10.2. The number of aromatic nitrogens is 1. The first-order valence-corrected chi connectivity index (χ1v) is 5.09. The molecule has 0 N–H and O–H groups in total. The van der Waals surface area contributed by atoms with E-state index < -0.39 is 6.17 Å². The number of hydrogen-bond acceptors (Lipinski definition) is 3. The van der Waals surface area contributed by atoms with Gasteiger partial charge in [-0.05, 0) is 19.2 Å². The average molecular weight is 210 g/mol. The Balaban J connectivity index is 1.94. The van der Waals surface area contributed by atoms with Crippen LogP contribution in [0.15, 0.2) is 24.4 Å². The standard InChI is InChI=1S/C11H15FN2O/c1-14(11-8-15-7-10(11)12)6-9-4-2-3-5-13-9/h2-5,10-11H,6-8H2,1H3. The van der Waals surface area contributed by atoms with Crippen molar-refractivity contribution in [3.05, 3.63) is 30.1 Å². The van der Waals surface area contributed by atoms with Crippen LogP contribution in [0.2, 0.25) is 0 Å². The molecule has 2 atom stereocenters. The zero-order chi connectivity index (χ0) is 10.7. The van der Waals surface area contributed by atoms with Gasteiger partial charge in [0.25, 0.3) is 0 Å². The molecule has 1 aromatic rings. The van der Waals surface area contributed by atoms with Crippen molar-refractivity contribution < 1.29 is 9.13 Å². The number of nitrogens with zero attached hydrogens (tertiary/aromatic N) is 2. The lowest BCUT2D eigenvalue weighted by Crippen LogP contribution is -2.38. The van der Waals surface area contributed by atoms with Gasteiger partial charge in [0, 0.05) is 12.7 Å². The second kappa shape index (κ2) is 4.68. The van der Waals surface area contributed by atoms with Gasteiger partial charge in [-0.1, -0.05) is 6.07 Å². The van der Waals surface area contributed by atoms with Gasteiger partial charge >= 0.3 is 0 Å². The van der Waals surface area contributed by atoms with Gasteiger partial charge in [-0.25, -0.2) is 4.39 Å². The van der Waals surface area contributed by atoms with E-state index in [1.54, 1.807) is 6.20 Å². The molecule has 15 heavy (non-hydrogen) atoms. The molecule has 82 valence electrons. The van der Waals surface area contributed by atoms with Crippen LogP contribution >= 0.6 is 0 Å². The normalized spacial score (nSPS) is 26.1.